The van der Waals surface area contributed by atoms with Gasteiger partial charge in [-0.25, -0.2) is 4.79 Å². The third-order valence-electron chi connectivity index (χ3n) is 4.10. The standard InChI is InChI=1S/C15H23Cl3N2O4/c1-3-24-14(21)10-12(19-7-5-4-6-8-19)9-13(15(16,17)18)11(2)20(22)23/h10-11,13H,3-9H2,1-2H3/b12-10+/t11-,13+/m1/s1. The SMILES string of the molecule is CCOC(=O)/C=C(\C[C@@H]([C@@H](C)[N+](=O)[O-])C(Cl)(Cl)Cl)N1CCCCC1. The summed E-state index contributed by atoms with van der Waals surface area (Å²) in [5.74, 6) is -1.35. The fourth-order valence-corrected chi connectivity index (χ4v) is 3.49. The number of nitrogens with zero attached hydrogens (tertiary/aromatic N) is 2. The number of allylic oxidation sites excluding steroid dienone is 1. The summed E-state index contributed by atoms with van der Waals surface area (Å²) in [4.78, 5) is 24.6. The Morgan fingerprint density at radius 3 is 2.38 bits per heavy atom. The van der Waals surface area contributed by atoms with Crippen LogP contribution >= 0.6 is 34.8 Å². The Morgan fingerprint density at radius 2 is 1.92 bits per heavy atom. The molecular weight excluding hydrogens is 379 g/mol. The molecule has 0 spiro atoms. The van der Waals surface area contributed by atoms with Gasteiger partial charge in [0.1, 0.15) is 0 Å². The zero-order valence-electron chi connectivity index (χ0n) is 13.8. The van der Waals surface area contributed by atoms with Gasteiger partial charge in [0, 0.05) is 43.1 Å². The van der Waals surface area contributed by atoms with Gasteiger partial charge in [0.2, 0.25) is 6.04 Å². The van der Waals surface area contributed by atoms with E-state index in [0.717, 1.165) is 32.4 Å². The molecule has 1 heterocycles. The fraction of sp³-hybridized carbons (Fsp3) is 0.800. The molecule has 2 atom stereocenters. The Labute approximate surface area is 157 Å². The van der Waals surface area contributed by atoms with E-state index in [0.29, 0.717) is 5.70 Å². The number of rotatable bonds is 7. The van der Waals surface area contributed by atoms with Gasteiger partial charge in [0.15, 0.2) is 3.79 Å². The number of alkyl halides is 3. The van der Waals surface area contributed by atoms with E-state index in [9.17, 15) is 14.9 Å². The lowest BCUT2D eigenvalue weighted by Gasteiger charge is -2.34. The Balaban J connectivity index is 3.07. The summed E-state index contributed by atoms with van der Waals surface area (Å²) < 4.78 is 3.15. The van der Waals surface area contributed by atoms with Crippen LogP contribution in [0, 0.1) is 16.0 Å². The van der Waals surface area contributed by atoms with E-state index in [1.807, 2.05) is 4.90 Å². The van der Waals surface area contributed by atoms with E-state index >= 15 is 0 Å². The van der Waals surface area contributed by atoms with Gasteiger partial charge in [0.05, 0.1) is 12.5 Å². The second-order valence-electron chi connectivity index (χ2n) is 5.81. The Morgan fingerprint density at radius 1 is 1.33 bits per heavy atom. The first-order valence-corrected chi connectivity index (χ1v) is 9.12. The number of nitro groups is 1. The summed E-state index contributed by atoms with van der Waals surface area (Å²) in [6.45, 7) is 4.91. The number of piperidine rings is 1. The highest BCUT2D eigenvalue weighted by molar-refractivity contribution is 6.67. The highest BCUT2D eigenvalue weighted by atomic mass is 35.6. The molecule has 0 aromatic heterocycles. The molecule has 24 heavy (non-hydrogen) atoms. The van der Waals surface area contributed by atoms with Crippen molar-refractivity contribution in [2.24, 2.45) is 5.92 Å². The minimum Gasteiger partial charge on any atom is -0.463 e. The van der Waals surface area contributed by atoms with Crippen LogP contribution < -0.4 is 0 Å². The monoisotopic (exact) mass is 400 g/mol. The maximum atomic E-state index is 11.9. The van der Waals surface area contributed by atoms with Crippen molar-refractivity contribution in [3.63, 3.8) is 0 Å². The molecule has 1 rings (SSSR count). The summed E-state index contributed by atoms with van der Waals surface area (Å²) >= 11 is 18.0. The molecule has 9 heteroatoms. The summed E-state index contributed by atoms with van der Waals surface area (Å²) in [6, 6.07) is -1.06. The summed E-state index contributed by atoms with van der Waals surface area (Å²) in [5, 5.41) is 11.2. The second kappa shape index (κ2) is 9.68. The molecule has 0 radical (unpaired) electrons. The van der Waals surface area contributed by atoms with Gasteiger partial charge in [-0.2, -0.15) is 0 Å². The van der Waals surface area contributed by atoms with Crippen LogP contribution in [-0.2, 0) is 9.53 Å². The first kappa shape index (κ1) is 21.3. The summed E-state index contributed by atoms with van der Waals surface area (Å²) in [7, 11) is 0. The Hall–Kier alpha value is -0.720. The number of likely N-dealkylation sites (tertiary alicyclic amines) is 1. The van der Waals surface area contributed by atoms with Gasteiger partial charge in [-0.1, -0.05) is 34.8 Å². The lowest BCUT2D eigenvalue weighted by atomic mass is 9.95. The number of carbonyl (C=O) groups is 1. The molecule has 1 fully saturated rings. The van der Waals surface area contributed by atoms with Gasteiger partial charge in [-0.3, -0.25) is 10.1 Å². The number of hydrogen-bond donors (Lipinski definition) is 0. The van der Waals surface area contributed by atoms with Gasteiger partial charge in [0.25, 0.3) is 0 Å². The summed E-state index contributed by atoms with van der Waals surface area (Å²) in [6.07, 6.45) is 4.58. The fourth-order valence-electron chi connectivity index (χ4n) is 2.71. The van der Waals surface area contributed by atoms with Crippen molar-refractivity contribution in [1.29, 1.82) is 0 Å². The van der Waals surface area contributed by atoms with Crippen molar-refractivity contribution in [3.05, 3.63) is 21.9 Å². The van der Waals surface area contributed by atoms with Crippen LogP contribution in [0.3, 0.4) is 0 Å². The molecule has 0 aliphatic carbocycles. The molecule has 1 saturated heterocycles. The van der Waals surface area contributed by atoms with Crippen LogP contribution in [0.2, 0.25) is 0 Å². The molecule has 1 aliphatic rings. The molecule has 0 bridgehead atoms. The Kier molecular flexibility index (Phi) is 8.60. The van der Waals surface area contributed by atoms with Crippen LogP contribution in [0.1, 0.15) is 39.5 Å². The number of ether oxygens (including phenoxy) is 1. The van der Waals surface area contributed by atoms with Crippen LogP contribution in [0.4, 0.5) is 0 Å². The van der Waals surface area contributed by atoms with E-state index in [1.54, 1.807) is 6.92 Å². The molecular formula is C15H23Cl3N2O4. The number of hydrogen-bond acceptors (Lipinski definition) is 5. The molecule has 0 saturated carbocycles. The highest BCUT2D eigenvalue weighted by Gasteiger charge is 2.43. The third kappa shape index (κ3) is 6.65. The number of halogens is 3. The van der Waals surface area contributed by atoms with Crippen molar-refractivity contribution in [3.8, 4) is 0 Å². The first-order chi connectivity index (χ1) is 11.2. The second-order valence-corrected chi connectivity index (χ2v) is 8.18. The first-order valence-electron chi connectivity index (χ1n) is 7.99. The van der Waals surface area contributed by atoms with Crippen molar-refractivity contribution in [1.82, 2.24) is 4.90 Å². The Bertz CT molecular complexity index is 474. The number of carbonyl (C=O) groups excluding carboxylic acids is 1. The lowest BCUT2D eigenvalue weighted by molar-refractivity contribution is -0.527. The highest BCUT2D eigenvalue weighted by Crippen LogP contribution is 2.41. The van der Waals surface area contributed by atoms with Crippen LogP contribution in [0.15, 0.2) is 11.8 Å². The minimum atomic E-state index is -1.81. The van der Waals surface area contributed by atoms with Gasteiger partial charge < -0.3 is 9.64 Å². The van der Waals surface area contributed by atoms with Crippen LogP contribution in [0.5, 0.6) is 0 Å². The topological polar surface area (TPSA) is 72.7 Å². The molecule has 1 aliphatic heterocycles. The average molecular weight is 402 g/mol. The predicted molar refractivity (Wildman–Crippen MR) is 95.0 cm³/mol. The lowest BCUT2D eigenvalue weighted by Crippen LogP contribution is -2.38. The quantitative estimate of drug-likeness (QED) is 0.212. The zero-order chi connectivity index (χ0) is 18.3. The van der Waals surface area contributed by atoms with Crippen molar-refractivity contribution in [2.75, 3.05) is 19.7 Å². The van der Waals surface area contributed by atoms with Crippen molar-refractivity contribution < 1.29 is 14.5 Å². The molecule has 0 unspecified atom stereocenters. The van der Waals surface area contributed by atoms with Gasteiger partial charge >= 0.3 is 5.97 Å². The largest absolute Gasteiger partial charge is 0.463 e. The zero-order valence-corrected chi connectivity index (χ0v) is 16.1. The van der Waals surface area contributed by atoms with Crippen molar-refractivity contribution >= 4 is 40.8 Å². The molecule has 0 amide bonds. The van der Waals surface area contributed by atoms with Crippen molar-refractivity contribution in [2.45, 2.75) is 49.4 Å². The molecule has 0 aromatic carbocycles. The predicted octanol–water partition coefficient (Wildman–Crippen LogP) is 3.96. The molecule has 0 N–H and O–H groups in total. The molecule has 138 valence electrons. The van der Waals surface area contributed by atoms with Crippen LogP contribution in [0.25, 0.3) is 0 Å². The van der Waals surface area contributed by atoms with Gasteiger partial charge in [-0.05, 0) is 26.2 Å². The average Bonchev–Trinajstić information content (AvgIpc) is 2.50. The van der Waals surface area contributed by atoms with E-state index in [-0.39, 0.29) is 13.0 Å². The summed E-state index contributed by atoms with van der Waals surface area (Å²) in [5.41, 5.74) is 0.623. The minimum absolute atomic E-state index is 0.122. The van der Waals surface area contributed by atoms with E-state index in [2.05, 4.69) is 0 Å². The maximum Gasteiger partial charge on any atom is 0.332 e. The third-order valence-corrected chi connectivity index (χ3v) is 4.94. The maximum absolute atomic E-state index is 11.9. The number of esters is 1. The van der Waals surface area contributed by atoms with E-state index in [1.165, 1.54) is 13.0 Å². The van der Waals surface area contributed by atoms with E-state index in [4.69, 9.17) is 39.5 Å². The van der Waals surface area contributed by atoms with Gasteiger partial charge in [-0.15, -0.1) is 0 Å². The smallest absolute Gasteiger partial charge is 0.332 e. The molecule has 0 aromatic rings. The van der Waals surface area contributed by atoms with E-state index < -0.39 is 26.6 Å². The van der Waals surface area contributed by atoms with Crippen LogP contribution in [-0.4, -0.2) is 45.3 Å². The normalized spacial score (nSPS) is 18.9. The molecule has 6 nitrogen and oxygen atoms in total.